The van der Waals surface area contributed by atoms with Gasteiger partial charge >= 0.3 is 0 Å². The molecule has 1 aromatic heterocycles. The minimum absolute atomic E-state index is 0.663. The van der Waals surface area contributed by atoms with Crippen LogP contribution in [0.25, 0.3) is 0 Å². The van der Waals surface area contributed by atoms with E-state index in [-0.39, 0.29) is 0 Å². The van der Waals surface area contributed by atoms with Crippen LogP contribution in [0.3, 0.4) is 0 Å². The first kappa shape index (κ1) is 12.7. The molecular weight excluding hydrogens is 230 g/mol. The van der Waals surface area contributed by atoms with Gasteiger partial charge in [-0.2, -0.15) is 11.8 Å². The summed E-state index contributed by atoms with van der Waals surface area (Å²) in [4.78, 5) is 9.26. The van der Waals surface area contributed by atoms with E-state index in [0.717, 1.165) is 23.9 Å². The number of rotatable bonds is 5. The van der Waals surface area contributed by atoms with Crippen molar-refractivity contribution in [3.05, 3.63) is 17.6 Å². The lowest BCUT2D eigenvalue weighted by Crippen LogP contribution is -2.07. The molecule has 0 amide bonds. The van der Waals surface area contributed by atoms with Crippen LogP contribution in [0.15, 0.2) is 6.07 Å². The molecule has 0 aromatic carbocycles. The number of aromatic nitrogens is 2. The van der Waals surface area contributed by atoms with Crippen molar-refractivity contribution >= 4 is 17.6 Å². The molecule has 94 valence electrons. The normalized spacial score (nSPS) is 16.4. The summed E-state index contributed by atoms with van der Waals surface area (Å²) in [7, 11) is 0. The van der Waals surface area contributed by atoms with Crippen molar-refractivity contribution in [2.75, 3.05) is 18.1 Å². The Morgan fingerprint density at radius 3 is 2.76 bits per heavy atom. The van der Waals surface area contributed by atoms with Crippen molar-refractivity contribution in [1.29, 1.82) is 0 Å². The molecule has 3 nitrogen and oxygen atoms in total. The lowest BCUT2D eigenvalue weighted by atomic mass is 10.0. The van der Waals surface area contributed by atoms with E-state index in [4.69, 9.17) is 4.98 Å². The highest BCUT2D eigenvalue weighted by atomic mass is 32.2. The summed E-state index contributed by atoms with van der Waals surface area (Å²) in [6.07, 6.45) is 7.38. The Morgan fingerprint density at radius 2 is 2.12 bits per heavy atom. The van der Waals surface area contributed by atoms with Crippen LogP contribution < -0.4 is 5.32 Å². The number of nitrogens with one attached hydrogen (secondary N) is 1. The largest absolute Gasteiger partial charge is 0.370 e. The van der Waals surface area contributed by atoms with Gasteiger partial charge in [0.25, 0.3) is 0 Å². The molecule has 0 atom stereocenters. The van der Waals surface area contributed by atoms with Crippen LogP contribution in [0.2, 0.25) is 0 Å². The minimum Gasteiger partial charge on any atom is -0.370 e. The van der Waals surface area contributed by atoms with Crippen LogP contribution in [0.5, 0.6) is 0 Å². The molecule has 1 aromatic rings. The smallest absolute Gasteiger partial charge is 0.140 e. The van der Waals surface area contributed by atoms with Gasteiger partial charge in [-0.3, -0.25) is 0 Å². The van der Waals surface area contributed by atoms with Gasteiger partial charge in [-0.15, -0.1) is 0 Å². The Labute approximate surface area is 108 Å². The Kier molecular flexibility index (Phi) is 4.66. The molecule has 1 saturated carbocycles. The van der Waals surface area contributed by atoms with Gasteiger partial charge in [-0.1, -0.05) is 12.8 Å². The second-order valence-corrected chi connectivity index (χ2v) is 5.41. The van der Waals surface area contributed by atoms with Crippen LogP contribution in [-0.2, 0) is 5.75 Å². The Hall–Kier alpha value is -0.770. The van der Waals surface area contributed by atoms with E-state index >= 15 is 0 Å². The minimum atomic E-state index is 0.663. The van der Waals surface area contributed by atoms with E-state index in [0.29, 0.717) is 5.92 Å². The summed E-state index contributed by atoms with van der Waals surface area (Å²) in [6.45, 7) is 3.02. The first-order valence-electron chi connectivity index (χ1n) is 6.44. The topological polar surface area (TPSA) is 37.8 Å². The number of anilines is 1. The van der Waals surface area contributed by atoms with Crippen molar-refractivity contribution in [1.82, 2.24) is 9.97 Å². The van der Waals surface area contributed by atoms with Gasteiger partial charge in [0.2, 0.25) is 0 Å². The summed E-state index contributed by atoms with van der Waals surface area (Å²) in [5.41, 5.74) is 1.25. The third-order valence-electron chi connectivity index (χ3n) is 3.20. The molecular formula is C13H21N3S. The van der Waals surface area contributed by atoms with E-state index < -0.39 is 0 Å². The molecule has 1 aliphatic carbocycles. The highest BCUT2D eigenvalue weighted by Crippen LogP contribution is 2.33. The van der Waals surface area contributed by atoms with Crippen molar-refractivity contribution in [3.8, 4) is 0 Å². The standard InChI is InChI=1S/C13H21N3S/c1-3-14-12-8-11(10-6-4-5-7-10)15-13(16-12)9-17-2/h8,10H,3-7,9H2,1-2H3,(H,14,15,16). The molecule has 2 rings (SSSR count). The van der Waals surface area contributed by atoms with Crippen LogP contribution in [-0.4, -0.2) is 22.8 Å². The first-order valence-corrected chi connectivity index (χ1v) is 7.83. The quantitative estimate of drug-likeness (QED) is 0.870. The van der Waals surface area contributed by atoms with Crippen LogP contribution in [0.1, 0.15) is 50.0 Å². The fourth-order valence-corrected chi connectivity index (χ4v) is 2.80. The molecule has 1 aliphatic rings. The fourth-order valence-electron chi connectivity index (χ4n) is 2.41. The van der Waals surface area contributed by atoms with E-state index in [2.05, 4.69) is 29.5 Å². The zero-order valence-electron chi connectivity index (χ0n) is 10.7. The van der Waals surface area contributed by atoms with Gasteiger partial charge in [-0.25, -0.2) is 9.97 Å². The van der Waals surface area contributed by atoms with Crippen LogP contribution >= 0.6 is 11.8 Å². The SMILES string of the molecule is CCNc1cc(C2CCCC2)nc(CSC)n1. The van der Waals surface area contributed by atoms with Gasteiger partial charge < -0.3 is 5.32 Å². The second-order valence-electron chi connectivity index (χ2n) is 4.54. The van der Waals surface area contributed by atoms with E-state index in [1.165, 1.54) is 31.4 Å². The predicted octanol–water partition coefficient (Wildman–Crippen LogP) is 3.43. The number of nitrogens with zero attached hydrogens (tertiary/aromatic N) is 2. The summed E-state index contributed by atoms with van der Waals surface area (Å²) < 4.78 is 0. The second kappa shape index (κ2) is 6.24. The number of hydrogen-bond acceptors (Lipinski definition) is 4. The maximum absolute atomic E-state index is 4.72. The monoisotopic (exact) mass is 251 g/mol. The van der Waals surface area contributed by atoms with E-state index in [1.54, 1.807) is 11.8 Å². The summed E-state index contributed by atoms with van der Waals surface area (Å²) in [5, 5.41) is 3.31. The third-order valence-corrected chi connectivity index (χ3v) is 3.74. The lowest BCUT2D eigenvalue weighted by Gasteiger charge is -2.12. The number of hydrogen-bond donors (Lipinski definition) is 1. The van der Waals surface area contributed by atoms with Gasteiger partial charge in [0, 0.05) is 24.2 Å². The van der Waals surface area contributed by atoms with Gasteiger partial charge in [0.15, 0.2) is 0 Å². The highest BCUT2D eigenvalue weighted by molar-refractivity contribution is 7.97. The summed E-state index contributed by atoms with van der Waals surface area (Å²) in [6, 6.07) is 2.14. The first-order chi connectivity index (χ1) is 8.33. The molecule has 0 radical (unpaired) electrons. The summed E-state index contributed by atoms with van der Waals surface area (Å²) in [5.74, 6) is 3.53. The molecule has 17 heavy (non-hydrogen) atoms. The van der Waals surface area contributed by atoms with Crippen molar-refractivity contribution in [2.45, 2.75) is 44.3 Å². The summed E-state index contributed by atoms with van der Waals surface area (Å²) >= 11 is 1.78. The van der Waals surface area contributed by atoms with Crippen molar-refractivity contribution in [3.63, 3.8) is 0 Å². The molecule has 1 N–H and O–H groups in total. The van der Waals surface area contributed by atoms with Crippen LogP contribution in [0.4, 0.5) is 5.82 Å². The Bertz CT molecular complexity index is 337. The molecule has 0 bridgehead atoms. The van der Waals surface area contributed by atoms with E-state index in [9.17, 15) is 0 Å². The average molecular weight is 251 g/mol. The maximum atomic E-state index is 4.72. The lowest BCUT2D eigenvalue weighted by molar-refractivity contribution is 0.689. The van der Waals surface area contributed by atoms with Gasteiger partial charge in [-0.05, 0) is 26.0 Å². The zero-order valence-corrected chi connectivity index (χ0v) is 11.5. The number of thioether (sulfide) groups is 1. The predicted molar refractivity (Wildman–Crippen MR) is 74.6 cm³/mol. The van der Waals surface area contributed by atoms with Gasteiger partial charge in [0.1, 0.15) is 11.6 Å². The highest BCUT2D eigenvalue weighted by Gasteiger charge is 2.19. The molecule has 0 aliphatic heterocycles. The maximum Gasteiger partial charge on any atom is 0.140 e. The van der Waals surface area contributed by atoms with Crippen molar-refractivity contribution < 1.29 is 0 Å². The molecule has 1 heterocycles. The Morgan fingerprint density at radius 1 is 1.35 bits per heavy atom. The van der Waals surface area contributed by atoms with Crippen LogP contribution in [0, 0.1) is 0 Å². The van der Waals surface area contributed by atoms with Crippen molar-refractivity contribution in [2.24, 2.45) is 0 Å². The van der Waals surface area contributed by atoms with Gasteiger partial charge in [0.05, 0.1) is 5.75 Å². The molecule has 0 unspecified atom stereocenters. The fraction of sp³-hybridized carbons (Fsp3) is 0.692. The zero-order chi connectivity index (χ0) is 12.1. The molecule has 1 fully saturated rings. The molecule has 0 spiro atoms. The molecule has 0 saturated heterocycles. The molecule has 4 heteroatoms. The third kappa shape index (κ3) is 3.35. The van der Waals surface area contributed by atoms with E-state index in [1.807, 2.05) is 0 Å². The Balaban J connectivity index is 2.22. The average Bonchev–Trinajstić information content (AvgIpc) is 2.83.